The van der Waals surface area contributed by atoms with Gasteiger partial charge in [0.1, 0.15) is 0 Å². The van der Waals surface area contributed by atoms with E-state index in [1.807, 2.05) is 0 Å². The number of carbonyl (C=O) groups is 2. The Morgan fingerprint density at radius 3 is 2.81 bits per heavy atom. The minimum absolute atomic E-state index is 0.0340. The normalized spacial score (nSPS) is 11.8. The molecule has 1 aromatic heterocycles. The molecule has 0 saturated heterocycles. The quantitative estimate of drug-likeness (QED) is 0.724. The molecule has 5 nitrogen and oxygen atoms in total. The highest BCUT2D eigenvalue weighted by Crippen LogP contribution is 2.20. The molecule has 1 rings (SSSR count). The van der Waals surface area contributed by atoms with Crippen molar-refractivity contribution >= 4 is 29.3 Å². The molecule has 0 atom stereocenters. The molecule has 6 heteroatoms. The molecule has 0 saturated carbocycles. The first-order valence-corrected chi connectivity index (χ1v) is 7.49. The maximum absolute atomic E-state index is 12.0. The highest BCUT2D eigenvalue weighted by atomic mass is 32.1. The Balaban J connectivity index is 2.54. The van der Waals surface area contributed by atoms with Gasteiger partial charge in [-0.1, -0.05) is 13.8 Å². The Morgan fingerprint density at radius 2 is 2.19 bits per heavy atom. The van der Waals surface area contributed by atoms with Crippen molar-refractivity contribution in [3.63, 3.8) is 0 Å². The number of thiophene rings is 1. The Labute approximate surface area is 128 Å². The number of hydrogen-bond acceptors (Lipinski definition) is 4. The monoisotopic (exact) mass is 311 g/mol. The molecular formula is C15H21NO4S. The molecule has 0 bridgehead atoms. The van der Waals surface area contributed by atoms with Gasteiger partial charge in [-0.2, -0.15) is 0 Å². The van der Waals surface area contributed by atoms with E-state index in [1.54, 1.807) is 18.6 Å². The van der Waals surface area contributed by atoms with Crippen molar-refractivity contribution in [2.45, 2.75) is 20.3 Å². The molecule has 1 amide bonds. The number of methoxy groups -OCH3 is 1. The second kappa shape index (κ2) is 7.95. The third-order valence-corrected chi connectivity index (χ3v) is 3.88. The lowest BCUT2D eigenvalue weighted by atomic mass is 9.89. The molecule has 2 N–H and O–H groups in total. The van der Waals surface area contributed by atoms with Gasteiger partial charge in [-0.25, -0.2) is 4.79 Å². The van der Waals surface area contributed by atoms with Gasteiger partial charge >= 0.3 is 5.97 Å². The van der Waals surface area contributed by atoms with E-state index in [2.05, 4.69) is 19.2 Å². The maximum Gasteiger partial charge on any atom is 0.328 e. The zero-order valence-corrected chi connectivity index (χ0v) is 13.3. The number of aliphatic carboxylic acids is 1. The summed E-state index contributed by atoms with van der Waals surface area (Å²) in [5.74, 6) is -1.15. The predicted octanol–water partition coefficient (Wildman–Crippen LogP) is 2.64. The summed E-state index contributed by atoms with van der Waals surface area (Å²) in [5, 5.41) is 13.2. The Kier molecular flexibility index (Phi) is 6.58. The fourth-order valence-electron chi connectivity index (χ4n) is 1.60. The van der Waals surface area contributed by atoms with Crippen LogP contribution in [0.5, 0.6) is 0 Å². The lowest BCUT2D eigenvalue weighted by Gasteiger charge is -2.24. The molecule has 0 spiro atoms. The second-order valence-electron chi connectivity index (χ2n) is 5.50. The van der Waals surface area contributed by atoms with Crippen LogP contribution in [-0.4, -0.2) is 37.2 Å². The van der Waals surface area contributed by atoms with Gasteiger partial charge in [0.05, 0.1) is 5.56 Å². The van der Waals surface area contributed by atoms with Crippen molar-refractivity contribution in [2.24, 2.45) is 5.41 Å². The minimum Gasteiger partial charge on any atom is -0.478 e. The first-order valence-electron chi connectivity index (χ1n) is 6.61. The van der Waals surface area contributed by atoms with E-state index >= 15 is 0 Å². The van der Waals surface area contributed by atoms with E-state index in [-0.39, 0.29) is 11.3 Å². The van der Waals surface area contributed by atoms with Gasteiger partial charge < -0.3 is 15.2 Å². The fraction of sp³-hybridized carbons (Fsp3) is 0.467. The van der Waals surface area contributed by atoms with E-state index in [9.17, 15) is 9.59 Å². The van der Waals surface area contributed by atoms with E-state index in [4.69, 9.17) is 9.84 Å². The average molecular weight is 311 g/mol. The summed E-state index contributed by atoms with van der Waals surface area (Å²) in [7, 11) is 1.66. The highest BCUT2D eigenvalue weighted by molar-refractivity contribution is 7.11. The number of carboxylic acids is 1. The van der Waals surface area contributed by atoms with Crippen LogP contribution in [0.4, 0.5) is 0 Å². The van der Waals surface area contributed by atoms with Gasteiger partial charge in [-0.3, -0.25) is 4.79 Å². The first-order chi connectivity index (χ1) is 9.84. The number of carboxylic acid groups (broad SMARTS) is 1. The van der Waals surface area contributed by atoms with Crippen LogP contribution in [0.1, 0.15) is 35.5 Å². The first kappa shape index (κ1) is 17.4. The minimum atomic E-state index is -1.01. The van der Waals surface area contributed by atoms with E-state index in [0.717, 1.165) is 17.4 Å². The number of amides is 1. The summed E-state index contributed by atoms with van der Waals surface area (Å²) < 4.78 is 5.05. The summed E-state index contributed by atoms with van der Waals surface area (Å²) >= 11 is 1.34. The molecule has 0 aliphatic rings. The lowest BCUT2D eigenvalue weighted by molar-refractivity contribution is -0.131. The van der Waals surface area contributed by atoms with Crippen LogP contribution in [-0.2, 0) is 9.53 Å². The lowest BCUT2D eigenvalue weighted by Crippen LogP contribution is -2.34. The van der Waals surface area contributed by atoms with E-state index in [0.29, 0.717) is 18.7 Å². The van der Waals surface area contributed by atoms with Crippen molar-refractivity contribution < 1.29 is 19.4 Å². The van der Waals surface area contributed by atoms with Crippen LogP contribution < -0.4 is 5.32 Å². The van der Waals surface area contributed by atoms with Gasteiger partial charge in [0.2, 0.25) is 0 Å². The van der Waals surface area contributed by atoms with Gasteiger partial charge in [-0.05, 0) is 24.0 Å². The Bertz CT molecular complexity index is 519. The van der Waals surface area contributed by atoms with Crippen molar-refractivity contribution in [3.8, 4) is 0 Å². The van der Waals surface area contributed by atoms with Gasteiger partial charge in [0, 0.05) is 36.6 Å². The van der Waals surface area contributed by atoms with E-state index < -0.39 is 5.97 Å². The molecule has 1 aromatic rings. The predicted molar refractivity (Wildman–Crippen MR) is 83.6 cm³/mol. The number of rotatable bonds is 8. The molecule has 21 heavy (non-hydrogen) atoms. The van der Waals surface area contributed by atoms with Crippen LogP contribution in [0.25, 0.3) is 6.08 Å². The molecule has 1 heterocycles. The zero-order valence-electron chi connectivity index (χ0n) is 12.5. The number of nitrogens with one attached hydrogen (secondary N) is 1. The van der Waals surface area contributed by atoms with Gasteiger partial charge in [0.15, 0.2) is 0 Å². The topological polar surface area (TPSA) is 75.6 Å². The van der Waals surface area contributed by atoms with Crippen molar-refractivity contribution in [2.75, 3.05) is 20.3 Å². The average Bonchev–Trinajstić information content (AvgIpc) is 2.89. The molecular weight excluding hydrogens is 290 g/mol. The van der Waals surface area contributed by atoms with Crippen LogP contribution in [0.3, 0.4) is 0 Å². The molecule has 0 aromatic carbocycles. The number of ether oxygens (including phenoxy) is 1. The largest absolute Gasteiger partial charge is 0.478 e. The third-order valence-electron chi connectivity index (χ3n) is 2.98. The highest BCUT2D eigenvalue weighted by Gasteiger charge is 2.19. The molecule has 0 aliphatic carbocycles. The van der Waals surface area contributed by atoms with Gasteiger partial charge in [-0.15, -0.1) is 11.3 Å². The van der Waals surface area contributed by atoms with Crippen LogP contribution in [0.15, 0.2) is 17.5 Å². The SMILES string of the molecule is COCCC(C)(C)CNC(=O)c1csc(/C=C/C(=O)O)c1. The number of hydrogen-bond donors (Lipinski definition) is 2. The Morgan fingerprint density at radius 1 is 1.48 bits per heavy atom. The van der Waals surface area contributed by atoms with Crippen LogP contribution in [0.2, 0.25) is 0 Å². The molecule has 0 unspecified atom stereocenters. The second-order valence-corrected chi connectivity index (χ2v) is 6.44. The fourth-order valence-corrected chi connectivity index (χ4v) is 2.38. The molecule has 116 valence electrons. The van der Waals surface area contributed by atoms with E-state index in [1.165, 1.54) is 17.4 Å². The zero-order chi connectivity index (χ0) is 15.9. The summed E-state index contributed by atoms with van der Waals surface area (Å²) in [5.41, 5.74) is 0.515. The van der Waals surface area contributed by atoms with Crippen molar-refractivity contribution in [1.29, 1.82) is 0 Å². The summed E-state index contributed by atoms with van der Waals surface area (Å²) in [4.78, 5) is 23.2. The standard InChI is InChI=1S/C15H21NO4S/c1-15(2,6-7-20-3)10-16-14(19)11-8-12(21-9-11)4-5-13(17)18/h4-5,8-9H,6-7,10H2,1-3H3,(H,16,19)(H,17,18)/b5-4+. The smallest absolute Gasteiger partial charge is 0.328 e. The maximum atomic E-state index is 12.0. The summed E-state index contributed by atoms with van der Waals surface area (Å²) in [6.07, 6.45) is 3.40. The molecule has 0 radical (unpaired) electrons. The molecule has 0 aliphatic heterocycles. The van der Waals surface area contributed by atoms with Crippen molar-refractivity contribution in [1.82, 2.24) is 5.32 Å². The Hall–Kier alpha value is -1.66. The van der Waals surface area contributed by atoms with Crippen molar-refractivity contribution in [3.05, 3.63) is 28.0 Å². The van der Waals surface area contributed by atoms with Crippen LogP contribution in [0, 0.1) is 5.41 Å². The molecule has 0 fully saturated rings. The van der Waals surface area contributed by atoms with Crippen LogP contribution >= 0.6 is 11.3 Å². The van der Waals surface area contributed by atoms with Gasteiger partial charge in [0.25, 0.3) is 5.91 Å². The summed E-state index contributed by atoms with van der Waals surface area (Å²) in [6, 6.07) is 1.68. The third kappa shape index (κ3) is 6.55. The summed E-state index contributed by atoms with van der Waals surface area (Å²) in [6.45, 7) is 5.36. The number of carbonyl (C=O) groups excluding carboxylic acids is 1.